The van der Waals surface area contributed by atoms with Gasteiger partial charge in [-0.3, -0.25) is 0 Å². The van der Waals surface area contributed by atoms with Crippen molar-refractivity contribution in [1.82, 2.24) is 0 Å². The number of hydrogen-bond acceptors (Lipinski definition) is 5. The van der Waals surface area contributed by atoms with Crippen LogP contribution >= 0.6 is 0 Å². The summed E-state index contributed by atoms with van der Waals surface area (Å²) in [5.41, 5.74) is 0.737. The third kappa shape index (κ3) is 2.53. The Kier molecular flexibility index (Phi) is 3.54. The summed E-state index contributed by atoms with van der Waals surface area (Å²) in [5.74, 6) is 1.13. The molecule has 0 fully saturated rings. The average Bonchev–Trinajstić information content (AvgIpc) is 2.78. The minimum atomic E-state index is -3.52. The van der Waals surface area contributed by atoms with Gasteiger partial charge in [-0.1, -0.05) is 12.1 Å². The molecule has 22 heavy (non-hydrogen) atoms. The zero-order chi connectivity index (χ0) is 15.7. The van der Waals surface area contributed by atoms with Crippen LogP contribution in [0.1, 0.15) is 5.56 Å². The third-order valence-electron chi connectivity index (χ3n) is 3.36. The van der Waals surface area contributed by atoms with Crippen LogP contribution in [0.25, 0.3) is 5.57 Å². The van der Waals surface area contributed by atoms with Gasteiger partial charge < -0.3 is 14.6 Å². The van der Waals surface area contributed by atoms with Crippen molar-refractivity contribution < 1.29 is 23.0 Å². The van der Waals surface area contributed by atoms with Crippen LogP contribution in [0.5, 0.6) is 17.2 Å². The van der Waals surface area contributed by atoms with Crippen molar-refractivity contribution >= 4 is 15.4 Å². The maximum atomic E-state index is 12.1. The van der Waals surface area contributed by atoms with Crippen molar-refractivity contribution in [3.8, 4) is 17.2 Å². The smallest absolute Gasteiger partial charge is 0.200 e. The SMILES string of the molecule is COc1cccc(OCC2=CS(=O)(=O)c3cccc(O)c32)c1. The van der Waals surface area contributed by atoms with Crippen LogP contribution in [0.15, 0.2) is 52.8 Å². The Morgan fingerprint density at radius 1 is 1.09 bits per heavy atom. The van der Waals surface area contributed by atoms with Gasteiger partial charge in [0.05, 0.1) is 12.0 Å². The summed E-state index contributed by atoms with van der Waals surface area (Å²) >= 11 is 0. The summed E-state index contributed by atoms with van der Waals surface area (Å²) < 4.78 is 34.8. The second-order valence-corrected chi connectivity index (χ2v) is 6.57. The molecule has 0 unspecified atom stereocenters. The van der Waals surface area contributed by atoms with Crippen molar-refractivity contribution in [2.75, 3.05) is 13.7 Å². The first-order valence-electron chi connectivity index (χ1n) is 6.56. The quantitative estimate of drug-likeness (QED) is 0.938. The highest BCUT2D eigenvalue weighted by Gasteiger charge is 2.29. The first kappa shape index (κ1) is 14.5. The molecule has 2 aromatic carbocycles. The highest BCUT2D eigenvalue weighted by Crippen LogP contribution is 2.39. The molecule has 1 heterocycles. The number of methoxy groups -OCH3 is 1. The van der Waals surface area contributed by atoms with E-state index >= 15 is 0 Å². The average molecular weight is 318 g/mol. The summed E-state index contributed by atoms with van der Waals surface area (Å²) in [5, 5.41) is 11.1. The van der Waals surface area contributed by atoms with Crippen LogP contribution in [-0.2, 0) is 9.84 Å². The van der Waals surface area contributed by atoms with E-state index in [1.54, 1.807) is 31.4 Å². The number of benzene rings is 2. The number of hydrogen-bond donors (Lipinski definition) is 1. The Hall–Kier alpha value is -2.47. The van der Waals surface area contributed by atoms with Crippen molar-refractivity contribution in [3.05, 3.63) is 53.4 Å². The predicted molar refractivity (Wildman–Crippen MR) is 81.8 cm³/mol. The predicted octanol–water partition coefficient (Wildman–Crippen LogP) is 2.61. The Bertz CT molecular complexity index is 853. The van der Waals surface area contributed by atoms with E-state index in [0.717, 1.165) is 5.41 Å². The molecule has 5 nitrogen and oxygen atoms in total. The molecular weight excluding hydrogens is 304 g/mol. The molecule has 0 saturated carbocycles. The normalized spacial score (nSPS) is 15.0. The molecule has 114 valence electrons. The number of ether oxygens (including phenoxy) is 2. The zero-order valence-electron chi connectivity index (χ0n) is 11.8. The van der Waals surface area contributed by atoms with E-state index < -0.39 is 9.84 Å². The molecule has 0 aromatic heterocycles. The molecule has 0 spiro atoms. The summed E-state index contributed by atoms with van der Waals surface area (Å²) in [7, 11) is -1.97. The maximum absolute atomic E-state index is 12.1. The molecule has 1 N–H and O–H groups in total. The third-order valence-corrected chi connectivity index (χ3v) is 4.91. The summed E-state index contributed by atoms with van der Waals surface area (Å²) in [6, 6.07) is 11.4. The topological polar surface area (TPSA) is 72.8 Å². The van der Waals surface area contributed by atoms with E-state index in [1.807, 2.05) is 0 Å². The van der Waals surface area contributed by atoms with Crippen LogP contribution in [-0.4, -0.2) is 27.2 Å². The fourth-order valence-electron chi connectivity index (χ4n) is 2.35. The van der Waals surface area contributed by atoms with E-state index in [-0.39, 0.29) is 17.3 Å². The summed E-state index contributed by atoms with van der Waals surface area (Å²) in [6.07, 6.45) is 0. The second-order valence-electron chi connectivity index (χ2n) is 4.81. The van der Waals surface area contributed by atoms with E-state index in [9.17, 15) is 13.5 Å². The fourth-order valence-corrected chi connectivity index (χ4v) is 3.82. The molecule has 6 heteroatoms. The molecular formula is C16H14O5S. The van der Waals surface area contributed by atoms with Gasteiger partial charge in [-0.15, -0.1) is 0 Å². The first-order chi connectivity index (χ1) is 10.5. The molecule has 0 saturated heterocycles. The molecule has 0 bridgehead atoms. The summed E-state index contributed by atoms with van der Waals surface area (Å²) in [4.78, 5) is 0.108. The van der Waals surface area contributed by atoms with Crippen LogP contribution in [0.3, 0.4) is 0 Å². The Morgan fingerprint density at radius 2 is 1.82 bits per heavy atom. The standard InChI is InChI=1S/C16H14O5S/c1-20-12-4-2-5-13(8-12)21-9-11-10-22(18,19)15-7-3-6-14(17)16(11)15/h2-8,10,17H,9H2,1H3. The van der Waals surface area contributed by atoms with E-state index in [2.05, 4.69) is 0 Å². The van der Waals surface area contributed by atoms with Crippen molar-refractivity contribution in [2.24, 2.45) is 0 Å². The molecule has 3 rings (SSSR count). The molecule has 1 aliphatic heterocycles. The lowest BCUT2D eigenvalue weighted by molar-refractivity contribution is 0.362. The summed E-state index contributed by atoms with van der Waals surface area (Å²) in [6.45, 7) is 0.0387. The van der Waals surface area contributed by atoms with Crippen molar-refractivity contribution in [1.29, 1.82) is 0 Å². The number of sulfone groups is 1. The van der Waals surface area contributed by atoms with Crippen molar-refractivity contribution in [3.63, 3.8) is 0 Å². The van der Waals surface area contributed by atoms with Crippen molar-refractivity contribution in [2.45, 2.75) is 4.90 Å². The van der Waals surface area contributed by atoms with Crippen LogP contribution in [0, 0.1) is 0 Å². The first-order valence-corrected chi connectivity index (χ1v) is 8.11. The van der Waals surface area contributed by atoms with E-state index in [1.165, 1.54) is 18.2 Å². The van der Waals surface area contributed by atoms with Crippen LogP contribution in [0.4, 0.5) is 0 Å². The van der Waals surface area contributed by atoms with Gasteiger partial charge in [-0.2, -0.15) is 0 Å². The Balaban J connectivity index is 1.88. The van der Waals surface area contributed by atoms with Gasteiger partial charge in [0.25, 0.3) is 0 Å². The highest BCUT2D eigenvalue weighted by molar-refractivity contribution is 7.95. The van der Waals surface area contributed by atoms with Crippen LogP contribution in [0.2, 0.25) is 0 Å². The number of aromatic hydroxyl groups is 1. The lowest BCUT2D eigenvalue weighted by Gasteiger charge is -2.10. The zero-order valence-corrected chi connectivity index (χ0v) is 12.6. The van der Waals surface area contributed by atoms with Gasteiger partial charge in [0.1, 0.15) is 23.9 Å². The Labute approximate surface area is 128 Å². The lowest BCUT2D eigenvalue weighted by Crippen LogP contribution is -2.00. The second kappa shape index (κ2) is 5.38. The highest BCUT2D eigenvalue weighted by atomic mass is 32.2. The largest absolute Gasteiger partial charge is 0.507 e. The molecule has 2 aromatic rings. The molecule has 0 amide bonds. The number of fused-ring (bicyclic) bond motifs is 1. The fraction of sp³-hybridized carbons (Fsp3) is 0.125. The number of phenols is 1. The molecule has 1 aliphatic rings. The van der Waals surface area contributed by atoms with Gasteiger partial charge >= 0.3 is 0 Å². The number of rotatable bonds is 4. The van der Waals surface area contributed by atoms with E-state index in [4.69, 9.17) is 9.47 Å². The minimum absolute atomic E-state index is 0.0387. The molecule has 0 aliphatic carbocycles. The maximum Gasteiger partial charge on any atom is 0.200 e. The monoisotopic (exact) mass is 318 g/mol. The van der Waals surface area contributed by atoms with Crippen LogP contribution < -0.4 is 9.47 Å². The van der Waals surface area contributed by atoms with Gasteiger partial charge in [0.15, 0.2) is 0 Å². The molecule has 0 atom stereocenters. The minimum Gasteiger partial charge on any atom is -0.507 e. The van der Waals surface area contributed by atoms with E-state index in [0.29, 0.717) is 22.6 Å². The van der Waals surface area contributed by atoms with Gasteiger partial charge in [-0.25, -0.2) is 8.42 Å². The van der Waals surface area contributed by atoms with Gasteiger partial charge in [-0.05, 0) is 24.3 Å². The van der Waals surface area contributed by atoms with Gasteiger partial charge in [0.2, 0.25) is 9.84 Å². The van der Waals surface area contributed by atoms with Gasteiger partial charge in [0, 0.05) is 22.6 Å². The lowest BCUT2D eigenvalue weighted by atomic mass is 10.1. The number of phenolic OH excluding ortho intramolecular Hbond substituents is 1. The Morgan fingerprint density at radius 3 is 2.59 bits per heavy atom. The molecule has 0 radical (unpaired) electrons.